The lowest BCUT2D eigenvalue weighted by Crippen LogP contribution is -2.48. The van der Waals surface area contributed by atoms with Gasteiger partial charge in [-0.05, 0) is 33.6 Å². The average molecular weight is 228 g/mol. The second-order valence-corrected chi connectivity index (χ2v) is 5.55. The number of nitrogens with two attached hydrogens (primary N) is 1. The minimum absolute atomic E-state index is 0.0648. The van der Waals surface area contributed by atoms with Crippen molar-refractivity contribution in [2.45, 2.75) is 70.6 Å². The van der Waals surface area contributed by atoms with Gasteiger partial charge in [-0.3, -0.25) is 0 Å². The maximum Gasteiger partial charge on any atom is 0.407 e. The molecule has 1 aliphatic rings. The van der Waals surface area contributed by atoms with Crippen molar-refractivity contribution >= 4 is 6.09 Å². The smallest absolute Gasteiger partial charge is 0.407 e. The summed E-state index contributed by atoms with van der Waals surface area (Å²) in [6.45, 7) is 5.58. The molecule has 0 spiro atoms. The van der Waals surface area contributed by atoms with Gasteiger partial charge in [0.05, 0.1) is 0 Å². The van der Waals surface area contributed by atoms with Crippen molar-refractivity contribution in [3.05, 3.63) is 0 Å². The highest BCUT2D eigenvalue weighted by molar-refractivity contribution is 5.68. The number of carbonyl (C=O) groups excluding carboxylic acids is 1. The summed E-state index contributed by atoms with van der Waals surface area (Å²) in [5.74, 6) is 0. The predicted molar refractivity (Wildman–Crippen MR) is 64.2 cm³/mol. The molecular formula is C12H24N2O2. The molecule has 1 fully saturated rings. The Morgan fingerprint density at radius 2 is 1.88 bits per heavy atom. The van der Waals surface area contributed by atoms with Crippen LogP contribution in [0, 0.1) is 0 Å². The van der Waals surface area contributed by atoms with E-state index in [1.807, 2.05) is 20.8 Å². The average Bonchev–Trinajstić information content (AvgIpc) is 2.29. The summed E-state index contributed by atoms with van der Waals surface area (Å²) >= 11 is 0. The van der Waals surface area contributed by atoms with Gasteiger partial charge in [-0.1, -0.05) is 19.3 Å². The predicted octanol–water partition coefficient (Wildman–Crippen LogP) is 2.17. The van der Waals surface area contributed by atoms with E-state index in [1.54, 1.807) is 0 Å². The first kappa shape index (κ1) is 13.3. The van der Waals surface area contributed by atoms with Gasteiger partial charge >= 0.3 is 6.09 Å². The summed E-state index contributed by atoms with van der Waals surface area (Å²) in [5.41, 5.74) is 5.58. The van der Waals surface area contributed by atoms with Gasteiger partial charge < -0.3 is 15.8 Å². The molecule has 94 valence electrons. The van der Waals surface area contributed by atoms with Crippen LogP contribution in [0.15, 0.2) is 0 Å². The zero-order valence-corrected chi connectivity index (χ0v) is 10.6. The maximum absolute atomic E-state index is 11.6. The normalized spacial score (nSPS) is 27.0. The van der Waals surface area contributed by atoms with Crippen molar-refractivity contribution in [1.29, 1.82) is 0 Å². The number of carbonyl (C=O) groups is 1. The molecule has 0 radical (unpaired) electrons. The molecule has 0 saturated heterocycles. The number of amides is 1. The summed E-state index contributed by atoms with van der Waals surface area (Å²) in [4.78, 5) is 11.6. The largest absolute Gasteiger partial charge is 0.444 e. The van der Waals surface area contributed by atoms with Crippen molar-refractivity contribution < 1.29 is 9.53 Å². The van der Waals surface area contributed by atoms with Crippen molar-refractivity contribution in [2.24, 2.45) is 5.73 Å². The van der Waals surface area contributed by atoms with E-state index < -0.39 is 5.60 Å². The highest BCUT2D eigenvalue weighted by Gasteiger charge is 2.24. The van der Waals surface area contributed by atoms with Crippen molar-refractivity contribution in [3.63, 3.8) is 0 Å². The van der Waals surface area contributed by atoms with E-state index in [0.717, 1.165) is 25.7 Å². The lowest BCUT2D eigenvalue weighted by atomic mass is 10.0. The summed E-state index contributed by atoms with van der Waals surface area (Å²) in [5, 5.41) is 2.88. The monoisotopic (exact) mass is 228 g/mol. The van der Waals surface area contributed by atoms with Gasteiger partial charge in [0.1, 0.15) is 5.60 Å². The number of nitrogens with one attached hydrogen (secondary N) is 1. The summed E-state index contributed by atoms with van der Waals surface area (Å²) in [6.07, 6.45) is 5.10. The molecule has 3 N–H and O–H groups in total. The minimum atomic E-state index is -0.446. The van der Waals surface area contributed by atoms with Gasteiger partial charge in [0.2, 0.25) is 0 Å². The Morgan fingerprint density at radius 1 is 1.25 bits per heavy atom. The van der Waals surface area contributed by atoms with E-state index in [9.17, 15) is 4.79 Å². The molecule has 0 unspecified atom stereocenters. The Bertz CT molecular complexity index is 236. The minimum Gasteiger partial charge on any atom is -0.444 e. The van der Waals surface area contributed by atoms with Crippen LogP contribution in [0.5, 0.6) is 0 Å². The first-order valence-corrected chi connectivity index (χ1v) is 6.13. The second kappa shape index (κ2) is 5.53. The number of hydrogen-bond acceptors (Lipinski definition) is 3. The molecule has 1 saturated carbocycles. The Kier molecular flexibility index (Phi) is 4.59. The van der Waals surface area contributed by atoms with Gasteiger partial charge in [0, 0.05) is 12.1 Å². The van der Waals surface area contributed by atoms with E-state index in [2.05, 4.69) is 5.32 Å². The number of hydrogen-bond donors (Lipinski definition) is 2. The molecule has 4 nitrogen and oxygen atoms in total. The van der Waals surface area contributed by atoms with Crippen LogP contribution < -0.4 is 11.1 Å². The standard InChI is InChI=1S/C12H24N2O2/c1-12(2,3)16-11(15)14-10-8-6-4-5-7-9(10)13/h9-10H,4-8,13H2,1-3H3,(H,14,15)/t9-,10+/m1/s1. The zero-order chi connectivity index (χ0) is 12.2. The van der Waals surface area contributed by atoms with Gasteiger partial charge in [-0.2, -0.15) is 0 Å². The second-order valence-electron chi connectivity index (χ2n) is 5.55. The van der Waals surface area contributed by atoms with Crippen LogP contribution in [0.1, 0.15) is 52.9 Å². The first-order chi connectivity index (χ1) is 7.38. The third-order valence-electron chi connectivity index (χ3n) is 2.77. The maximum atomic E-state index is 11.6. The fourth-order valence-corrected chi connectivity index (χ4v) is 1.97. The van der Waals surface area contributed by atoms with Gasteiger partial charge in [-0.25, -0.2) is 4.79 Å². The third kappa shape index (κ3) is 4.84. The van der Waals surface area contributed by atoms with E-state index in [0.29, 0.717) is 0 Å². The van der Waals surface area contributed by atoms with E-state index in [1.165, 1.54) is 6.42 Å². The third-order valence-corrected chi connectivity index (χ3v) is 2.77. The van der Waals surface area contributed by atoms with Crippen LogP contribution in [-0.2, 0) is 4.74 Å². The highest BCUT2D eigenvalue weighted by atomic mass is 16.6. The zero-order valence-electron chi connectivity index (χ0n) is 10.6. The Labute approximate surface area is 97.9 Å². The number of alkyl carbamates (subject to hydrolysis) is 1. The molecule has 2 atom stereocenters. The fourth-order valence-electron chi connectivity index (χ4n) is 1.97. The van der Waals surface area contributed by atoms with Crippen LogP contribution in [0.2, 0.25) is 0 Å². The molecule has 0 heterocycles. The molecular weight excluding hydrogens is 204 g/mol. The van der Waals surface area contributed by atoms with Crippen molar-refractivity contribution in [2.75, 3.05) is 0 Å². The quantitative estimate of drug-likeness (QED) is 0.676. The number of rotatable bonds is 1. The van der Waals surface area contributed by atoms with Crippen LogP contribution in [-0.4, -0.2) is 23.8 Å². The molecule has 1 amide bonds. The Hall–Kier alpha value is -0.770. The van der Waals surface area contributed by atoms with E-state index in [4.69, 9.17) is 10.5 Å². The molecule has 1 rings (SSSR count). The molecule has 0 aromatic heterocycles. The molecule has 0 bridgehead atoms. The summed E-state index contributed by atoms with van der Waals surface area (Å²) in [7, 11) is 0. The van der Waals surface area contributed by atoms with Crippen LogP contribution in [0.25, 0.3) is 0 Å². The van der Waals surface area contributed by atoms with Crippen LogP contribution in [0.3, 0.4) is 0 Å². The molecule has 0 aliphatic heterocycles. The van der Waals surface area contributed by atoms with Crippen molar-refractivity contribution in [3.8, 4) is 0 Å². The molecule has 16 heavy (non-hydrogen) atoms. The molecule has 0 aromatic carbocycles. The lowest BCUT2D eigenvalue weighted by Gasteiger charge is -2.25. The highest BCUT2D eigenvalue weighted by Crippen LogP contribution is 2.17. The van der Waals surface area contributed by atoms with Crippen LogP contribution in [0.4, 0.5) is 4.79 Å². The van der Waals surface area contributed by atoms with Crippen LogP contribution >= 0.6 is 0 Å². The van der Waals surface area contributed by atoms with Crippen molar-refractivity contribution in [1.82, 2.24) is 5.32 Å². The SMILES string of the molecule is CC(C)(C)OC(=O)N[C@H]1CCCCC[C@H]1N. The molecule has 0 aromatic rings. The Morgan fingerprint density at radius 3 is 2.50 bits per heavy atom. The Balaban J connectivity index is 2.42. The topological polar surface area (TPSA) is 64.3 Å². The molecule has 1 aliphatic carbocycles. The fraction of sp³-hybridized carbons (Fsp3) is 0.917. The van der Waals surface area contributed by atoms with Gasteiger partial charge in [-0.15, -0.1) is 0 Å². The lowest BCUT2D eigenvalue weighted by molar-refractivity contribution is 0.0494. The van der Waals surface area contributed by atoms with Gasteiger partial charge in [0.25, 0.3) is 0 Å². The van der Waals surface area contributed by atoms with Gasteiger partial charge in [0.15, 0.2) is 0 Å². The van der Waals surface area contributed by atoms with E-state index in [-0.39, 0.29) is 18.2 Å². The van der Waals surface area contributed by atoms with E-state index >= 15 is 0 Å². The summed E-state index contributed by atoms with van der Waals surface area (Å²) < 4.78 is 5.22. The summed E-state index contributed by atoms with van der Waals surface area (Å²) in [6, 6.07) is 0.132. The first-order valence-electron chi connectivity index (χ1n) is 6.13. The number of ether oxygens (including phenoxy) is 1. The molecule has 4 heteroatoms.